The van der Waals surface area contributed by atoms with E-state index in [0.29, 0.717) is 45.4 Å². The van der Waals surface area contributed by atoms with Crippen molar-refractivity contribution in [3.05, 3.63) is 48.0 Å². The van der Waals surface area contributed by atoms with Gasteiger partial charge in [-0.25, -0.2) is 8.42 Å². The van der Waals surface area contributed by atoms with Gasteiger partial charge in [-0.1, -0.05) is 6.07 Å². The van der Waals surface area contributed by atoms with Crippen LogP contribution in [0.5, 0.6) is 5.75 Å². The van der Waals surface area contributed by atoms with E-state index in [-0.39, 0.29) is 34.6 Å². The molecule has 3 fully saturated rings. The van der Waals surface area contributed by atoms with Crippen LogP contribution in [0, 0.1) is 11.8 Å². The minimum Gasteiger partial charge on any atom is -0.497 e. The fraction of sp³-hybridized carbons (Fsp3) is 0.533. The number of anilines is 2. The zero-order valence-electron chi connectivity index (χ0n) is 23.3. The molecule has 0 unspecified atom stereocenters. The number of methoxy groups -OCH3 is 1. The van der Waals surface area contributed by atoms with Gasteiger partial charge in [0.05, 0.1) is 12.0 Å². The molecule has 6 rings (SSSR count). The van der Waals surface area contributed by atoms with Crippen molar-refractivity contribution in [2.75, 3.05) is 56.2 Å². The third-order valence-electron chi connectivity index (χ3n) is 8.88. The number of carbonyl (C=O) groups excluding carboxylic acids is 2. The van der Waals surface area contributed by atoms with Gasteiger partial charge in [0.15, 0.2) is 0 Å². The van der Waals surface area contributed by atoms with E-state index in [1.165, 1.54) is 4.31 Å². The topological polar surface area (TPSA) is 90.5 Å². The molecule has 1 aliphatic carbocycles. The van der Waals surface area contributed by atoms with Crippen LogP contribution in [0.2, 0.25) is 0 Å². The second-order valence-electron chi connectivity index (χ2n) is 11.5. The molecule has 0 N–H and O–H groups in total. The van der Waals surface area contributed by atoms with Gasteiger partial charge >= 0.3 is 0 Å². The van der Waals surface area contributed by atoms with E-state index >= 15 is 0 Å². The first kappa shape index (κ1) is 27.1. The minimum absolute atomic E-state index is 0.0419. The molecule has 9 nitrogen and oxygen atoms in total. The van der Waals surface area contributed by atoms with Crippen molar-refractivity contribution in [1.82, 2.24) is 9.21 Å². The molecular weight excluding hydrogens is 528 g/mol. The van der Waals surface area contributed by atoms with Crippen LogP contribution in [0.4, 0.5) is 11.4 Å². The Morgan fingerprint density at radius 1 is 0.850 bits per heavy atom. The van der Waals surface area contributed by atoms with Gasteiger partial charge in [0.1, 0.15) is 5.75 Å². The predicted molar refractivity (Wildman–Crippen MR) is 153 cm³/mol. The van der Waals surface area contributed by atoms with E-state index in [1.807, 2.05) is 34.9 Å². The van der Waals surface area contributed by atoms with Crippen molar-refractivity contribution in [2.24, 2.45) is 11.8 Å². The summed E-state index contributed by atoms with van der Waals surface area (Å²) in [7, 11) is -2.01. The fourth-order valence-corrected chi connectivity index (χ4v) is 7.89. The molecule has 0 radical (unpaired) electrons. The minimum atomic E-state index is -3.67. The first-order valence-electron chi connectivity index (χ1n) is 14.4. The molecule has 4 aliphatic rings. The monoisotopic (exact) mass is 566 g/mol. The summed E-state index contributed by atoms with van der Waals surface area (Å²) >= 11 is 0. The number of benzene rings is 2. The zero-order chi connectivity index (χ0) is 28.0. The number of nitrogens with zero attached hydrogens (tertiary/aromatic N) is 4. The number of sulfonamides is 1. The van der Waals surface area contributed by atoms with E-state index in [0.717, 1.165) is 48.6 Å². The highest BCUT2D eigenvalue weighted by molar-refractivity contribution is 7.89. The summed E-state index contributed by atoms with van der Waals surface area (Å²) in [5.41, 5.74) is 2.85. The number of piperidine rings is 1. The lowest BCUT2D eigenvalue weighted by Crippen LogP contribution is -2.52. The Kier molecular flexibility index (Phi) is 7.25. The third-order valence-corrected chi connectivity index (χ3v) is 10.8. The Bertz CT molecular complexity index is 1390. The van der Waals surface area contributed by atoms with Crippen LogP contribution in [0.25, 0.3) is 0 Å². The Morgan fingerprint density at radius 2 is 1.55 bits per heavy atom. The van der Waals surface area contributed by atoms with Crippen LogP contribution >= 0.6 is 0 Å². The second-order valence-corrected chi connectivity index (χ2v) is 13.5. The maximum atomic E-state index is 13.5. The van der Waals surface area contributed by atoms with Crippen LogP contribution in [0.15, 0.2) is 47.4 Å². The number of piperazine rings is 1. The van der Waals surface area contributed by atoms with Gasteiger partial charge in [-0.05, 0) is 74.9 Å². The molecule has 0 aromatic heterocycles. The predicted octanol–water partition coefficient (Wildman–Crippen LogP) is 3.13. The van der Waals surface area contributed by atoms with E-state index in [2.05, 4.69) is 11.0 Å². The third kappa shape index (κ3) is 5.07. The van der Waals surface area contributed by atoms with Gasteiger partial charge in [-0.2, -0.15) is 4.31 Å². The molecule has 0 spiro atoms. The van der Waals surface area contributed by atoms with Crippen LogP contribution in [0.3, 0.4) is 0 Å². The normalized spacial score (nSPS) is 22.4. The maximum Gasteiger partial charge on any atom is 0.243 e. The summed E-state index contributed by atoms with van der Waals surface area (Å²) in [6, 6.07) is 13.2. The van der Waals surface area contributed by atoms with Gasteiger partial charge in [0.25, 0.3) is 0 Å². The standard InChI is InChI=1S/C30H38N4O5S/c1-21-18-24-19-27(8-9-28(24)34(21)30(36)22-6-7-22)40(37,38)33-12-10-23(11-13-33)29(35)32-16-14-31(15-17-32)25-4-3-5-26(20-25)39-2/h3-5,8-9,19-23H,6-7,10-18H2,1-2H3/t21-/m0/s1. The summed E-state index contributed by atoms with van der Waals surface area (Å²) in [6.45, 7) is 5.52. The van der Waals surface area contributed by atoms with Crippen molar-refractivity contribution < 1.29 is 22.7 Å². The fourth-order valence-electron chi connectivity index (χ4n) is 6.37. The molecule has 3 heterocycles. The number of ether oxygens (including phenoxy) is 1. The lowest BCUT2D eigenvalue weighted by atomic mass is 9.96. The van der Waals surface area contributed by atoms with E-state index in [4.69, 9.17) is 4.74 Å². The van der Waals surface area contributed by atoms with E-state index < -0.39 is 10.0 Å². The van der Waals surface area contributed by atoms with Gasteiger partial charge in [0, 0.05) is 74.6 Å². The SMILES string of the molecule is COc1cccc(N2CCN(C(=O)C3CCN(S(=O)(=O)c4ccc5c(c4)C[C@H](C)N5C(=O)C4CC4)CC3)CC2)c1. The molecule has 2 aromatic carbocycles. The van der Waals surface area contributed by atoms with Gasteiger partial charge in [0.2, 0.25) is 21.8 Å². The molecule has 40 heavy (non-hydrogen) atoms. The molecule has 10 heteroatoms. The van der Waals surface area contributed by atoms with E-state index in [1.54, 1.807) is 25.3 Å². The average Bonchev–Trinajstić information content (AvgIpc) is 3.78. The summed E-state index contributed by atoms with van der Waals surface area (Å²) in [5, 5.41) is 0. The lowest BCUT2D eigenvalue weighted by molar-refractivity contribution is -0.137. The number of hydrogen-bond acceptors (Lipinski definition) is 6. The number of carbonyl (C=O) groups is 2. The van der Waals surface area contributed by atoms with Crippen molar-refractivity contribution in [2.45, 2.75) is 50.0 Å². The molecular formula is C30H38N4O5S. The zero-order valence-corrected chi connectivity index (χ0v) is 24.1. The second kappa shape index (κ2) is 10.7. The molecule has 2 amide bonds. The first-order chi connectivity index (χ1) is 19.3. The number of hydrogen-bond donors (Lipinski definition) is 0. The Balaban J connectivity index is 1.05. The van der Waals surface area contributed by atoms with Crippen molar-refractivity contribution in [3.63, 3.8) is 0 Å². The Morgan fingerprint density at radius 3 is 2.23 bits per heavy atom. The molecule has 3 aliphatic heterocycles. The highest BCUT2D eigenvalue weighted by Crippen LogP contribution is 2.40. The molecule has 1 saturated carbocycles. The summed E-state index contributed by atoms with van der Waals surface area (Å²) in [4.78, 5) is 32.4. The molecule has 2 aromatic rings. The lowest BCUT2D eigenvalue weighted by Gasteiger charge is -2.39. The van der Waals surface area contributed by atoms with Crippen LogP contribution in [-0.2, 0) is 26.0 Å². The number of rotatable bonds is 6. The Labute approximate surface area is 236 Å². The van der Waals surface area contributed by atoms with Crippen molar-refractivity contribution in [1.29, 1.82) is 0 Å². The number of amides is 2. The molecule has 214 valence electrons. The van der Waals surface area contributed by atoms with Gasteiger partial charge < -0.3 is 19.4 Å². The summed E-state index contributed by atoms with van der Waals surface area (Å²) in [6.07, 6.45) is 3.61. The molecule has 2 saturated heterocycles. The van der Waals surface area contributed by atoms with Crippen LogP contribution in [0.1, 0.15) is 38.2 Å². The average molecular weight is 567 g/mol. The molecule has 0 bridgehead atoms. The molecule has 1 atom stereocenters. The largest absolute Gasteiger partial charge is 0.497 e. The summed E-state index contributed by atoms with van der Waals surface area (Å²) < 4.78 is 33.9. The van der Waals surface area contributed by atoms with Crippen molar-refractivity contribution in [3.8, 4) is 5.75 Å². The Hall–Kier alpha value is -3.11. The highest BCUT2D eigenvalue weighted by atomic mass is 32.2. The van der Waals surface area contributed by atoms with Crippen LogP contribution < -0.4 is 14.5 Å². The first-order valence-corrected chi connectivity index (χ1v) is 15.8. The smallest absolute Gasteiger partial charge is 0.243 e. The van der Waals surface area contributed by atoms with Gasteiger partial charge in [-0.3, -0.25) is 9.59 Å². The maximum absolute atomic E-state index is 13.5. The van der Waals surface area contributed by atoms with Gasteiger partial charge in [-0.15, -0.1) is 0 Å². The quantitative estimate of drug-likeness (QED) is 0.534. The van der Waals surface area contributed by atoms with Crippen molar-refractivity contribution >= 4 is 33.2 Å². The highest BCUT2D eigenvalue weighted by Gasteiger charge is 2.40. The van der Waals surface area contributed by atoms with E-state index in [9.17, 15) is 18.0 Å². The van der Waals surface area contributed by atoms with Crippen LogP contribution in [-0.4, -0.2) is 81.9 Å². The summed E-state index contributed by atoms with van der Waals surface area (Å²) in [5.74, 6) is 1.08. The number of fused-ring (bicyclic) bond motifs is 1.